The van der Waals surface area contributed by atoms with Crippen LogP contribution in [0.1, 0.15) is 0 Å². The van der Waals surface area contributed by atoms with Crippen LogP contribution in [0.25, 0.3) is 0 Å². The van der Waals surface area contributed by atoms with Crippen LogP contribution in [0.5, 0.6) is 0 Å². The Morgan fingerprint density at radius 3 is 2.40 bits per heavy atom. The molecule has 0 amide bonds. The second kappa shape index (κ2) is 5.34. The molecule has 20 heavy (non-hydrogen) atoms. The van der Waals surface area contributed by atoms with Crippen LogP contribution in [-0.2, 0) is 4.74 Å². The molecule has 10 heteroatoms. The molecule has 0 aromatic rings. The summed E-state index contributed by atoms with van der Waals surface area (Å²) in [5.74, 6) is 0. The predicted molar refractivity (Wildman–Crippen MR) is 65.2 cm³/mol. The van der Waals surface area contributed by atoms with Crippen LogP contribution in [0.15, 0.2) is 4.99 Å². The zero-order chi connectivity index (χ0) is 15.2. The van der Waals surface area contributed by atoms with Crippen molar-refractivity contribution in [3.05, 3.63) is 0 Å². The number of hydrogen-bond donors (Lipinski definition) is 3. The molecule has 6 nitrogen and oxygen atoms in total. The molecule has 6 atom stereocenters. The van der Waals surface area contributed by atoms with E-state index in [-0.39, 0.29) is 0 Å². The van der Waals surface area contributed by atoms with Crippen molar-refractivity contribution >= 4 is 16.9 Å². The third-order valence-corrected chi connectivity index (χ3v) is 4.42. The lowest BCUT2D eigenvalue weighted by Crippen LogP contribution is -2.60. The van der Waals surface area contributed by atoms with Gasteiger partial charge in [-0.1, -0.05) is 11.8 Å². The second-order valence-electron chi connectivity index (χ2n) is 4.85. The maximum absolute atomic E-state index is 12.5. The number of aliphatic imine (C=N–C) groups is 1. The molecule has 0 aromatic heterocycles. The number of nitrogens with zero attached hydrogens (tertiary/aromatic N) is 2. The summed E-state index contributed by atoms with van der Waals surface area (Å²) in [7, 11) is 3.38. The minimum Gasteiger partial charge on any atom is -0.388 e. The fraction of sp³-hybridized carbons (Fsp3) is 0.900. The normalized spacial score (nSPS) is 39.2. The average molecular weight is 316 g/mol. The van der Waals surface area contributed by atoms with Gasteiger partial charge in [-0.05, 0) is 0 Å². The van der Waals surface area contributed by atoms with Gasteiger partial charge in [0, 0.05) is 14.1 Å². The van der Waals surface area contributed by atoms with E-state index in [1.54, 1.807) is 19.0 Å². The van der Waals surface area contributed by atoms with Gasteiger partial charge in [-0.3, -0.25) is 4.99 Å². The number of aliphatic hydroxyl groups is 3. The summed E-state index contributed by atoms with van der Waals surface area (Å²) < 4.78 is 42.7. The number of amidine groups is 1. The molecule has 2 rings (SSSR count). The highest BCUT2D eigenvalue weighted by atomic mass is 32.2. The van der Waals surface area contributed by atoms with Crippen molar-refractivity contribution in [1.82, 2.24) is 4.90 Å². The summed E-state index contributed by atoms with van der Waals surface area (Å²) in [6, 6.07) is -0.857. The standard InChI is InChI=1S/C10H15F3N2O4S/c1-15(2)9-14-3-4(16)5(17)6(19-8(3)20-9)7(18)10(11,12)13/h3-8,16-18H,1-2H3/t3?,4?,5?,6?,7-,8?/m1/s1. The molecule has 0 saturated carbocycles. The van der Waals surface area contributed by atoms with E-state index in [1.165, 1.54) is 0 Å². The Kier molecular flexibility index (Phi) is 4.22. The average Bonchev–Trinajstić information content (AvgIpc) is 2.76. The van der Waals surface area contributed by atoms with Crippen LogP contribution in [0, 0.1) is 0 Å². The van der Waals surface area contributed by atoms with Gasteiger partial charge in [0.2, 0.25) is 0 Å². The van der Waals surface area contributed by atoms with Gasteiger partial charge in [-0.2, -0.15) is 13.2 Å². The number of aliphatic hydroxyl groups excluding tert-OH is 3. The van der Waals surface area contributed by atoms with Gasteiger partial charge in [-0.15, -0.1) is 0 Å². The molecule has 0 aromatic carbocycles. The van der Waals surface area contributed by atoms with E-state index in [4.69, 9.17) is 4.74 Å². The maximum atomic E-state index is 12.5. The molecule has 5 unspecified atom stereocenters. The summed E-state index contributed by atoms with van der Waals surface area (Å²) in [5.41, 5.74) is -0.868. The fourth-order valence-corrected chi connectivity index (χ4v) is 3.18. The largest absolute Gasteiger partial charge is 0.417 e. The maximum Gasteiger partial charge on any atom is 0.417 e. The third kappa shape index (κ3) is 2.75. The van der Waals surface area contributed by atoms with Crippen LogP contribution in [-0.4, -0.2) is 81.6 Å². The molecule has 0 spiro atoms. The van der Waals surface area contributed by atoms with E-state index < -0.39 is 42.1 Å². The van der Waals surface area contributed by atoms with Crippen LogP contribution >= 0.6 is 11.8 Å². The van der Waals surface area contributed by atoms with E-state index >= 15 is 0 Å². The lowest BCUT2D eigenvalue weighted by molar-refractivity contribution is -0.271. The molecule has 1 saturated heterocycles. The minimum absolute atomic E-state index is 0.480. The Hall–Kier alpha value is -0.550. The smallest absolute Gasteiger partial charge is 0.388 e. The first-order valence-corrected chi connectivity index (χ1v) is 6.69. The molecule has 2 aliphatic heterocycles. The van der Waals surface area contributed by atoms with E-state index in [1.807, 2.05) is 0 Å². The van der Waals surface area contributed by atoms with Crippen LogP contribution < -0.4 is 0 Å². The summed E-state index contributed by atoms with van der Waals surface area (Å²) in [6.45, 7) is 0. The van der Waals surface area contributed by atoms with Gasteiger partial charge in [0.05, 0.1) is 0 Å². The first kappa shape index (κ1) is 15.8. The summed E-state index contributed by atoms with van der Waals surface area (Å²) in [5, 5.41) is 29.3. The lowest BCUT2D eigenvalue weighted by Gasteiger charge is -2.40. The van der Waals surface area contributed by atoms with Gasteiger partial charge in [0.25, 0.3) is 0 Å². The number of halogens is 3. The monoisotopic (exact) mass is 316 g/mol. The molecule has 0 bridgehead atoms. The van der Waals surface area contributed by atoms with Crippen molar-refractivity contribution in [2.75, 3.05) is 14.1 Å². The minimum atomic E-state index is -4.94. The highest BCUT2D eigenvalue weighted by molar-refractivity contribution is 8.14. The zero-order valence-corrected chi connectivity index (χ0v) is 11.5. The molecule has 0 aliphatic carbocycles. The summed E-state index contributed by atoms with van der Waals surface area (Å²) in [4.78, 5) is 5.73. The van der Waals surface area contributed by atoms with Gasteiger partial charge in [0.15, 0.2) is 11.3 Å². The molecule has 3 N–H and O–H groups in total. The van der Waals surface area contributed by atoms with E-state index in [2.05, 4.69) is 4.99 Å². The molecule has 2 heterocycles. The van der Waals surface area contributed by atoms with Crippen LogP contribution in [0.3, 0.4) is 0 Å². The molecule has 116 valence electrons. The third-order valence-electron chi connectivity index (χ3n) is 3.12. The van der Waals surface area contributed by atoms with Gasteiger partial charge >= 0.3 is 6.18 Å². The molecular weight excluding hydrogens is 301 g/mol. The van der Waals surface area contributed by atoms with Gasteiger partial charge in [-0.25, -0.2) is 0 Å². The van der Waals surface area contributed by atoms with Crippen molar-refractivity contribution in [2.24, 2.45) is 4.99 Å². The SMILES string of the molecule is CN(C)C1=NC2C(OC([C@@H](O)C(F)(F)F)C(O)C2O)S1. The topological polar surface area (TPSA) is 85.5 Å². The number of ether oxygens (including phenoxy) is 1. The second-order valence-corrected chi connectivity index (χ2v) is 5.92. The van der Waals surface area contributed by atoms with Crippen molar-refractivity contribution in [1.29, 1.82) is 0 Å². The Labute approximate surface area is 117 Å². The molecule has 2 aliphatic rings. The number of rotatable bonds is 1. The molecular formula is C10H15F3N2O4S. The van der Waals surface area contributed by atoms with Crippen molar-refractivity contribution in [2.45, 2.75) is 42.1 Å². The van der Waals surface area contributed by atoms with E-state index in [9.17, 15) is 28.5 Å². The van der Waals surface area contributed by atoms with Crippen molar-refractivity contribution in [3.8, 4) is 0 Å². The first-order chi connectivity index (χ1) is 9.12. The van der Waals surface area contributed by atoms with Crippen molar-refractivity contribution in [3.63, 3.8) is 0 Å². The van der Waals surface area contributed by atoms with Gasteiger partial charge in [0.1, 0.15) is 29.8 Å². The Morgan fingerprint density at radius 1 is 1.30 bits per heavy atom. The predicted octanol–water partition coefficient (Wildman–Crippen LogP) is -0.611. The molecule has 1 fully saturated rings. The summed E-state index contributed by atoms with van der Waals surface area (Å²) in [6.07, 6.45) is -13.1. The number of thioether (sulfide) groups is 1. The van der Waals surface area contributed by atoms with E-state index in [0.717, 1.165) is 11.8 Å². The summed E-state index contributed by atoms with van der Waals surface area (Å²) >= 11 is 1.04. The van der Waals surface area contributed by atoms with Gasteiger partial charge < -0.3 is 25.0 Å². The lowest BCUT2D eigenvalue weighted by atomic mass is 9.94. The first-order valence-electron chi connectivity index (χ1n) is 5.81. The van der Waals surface area contributed by atoms with Crippen LogP contribution in [0.2, 0.25) is 0 Å². The highest BCUT2D eigenvalue weighted by Crippen LogP contribution is 2.39. The Morgan fingerprint density at radius 2 is 1.90 bits per heavy atom. The number of fused-ring (bicyclic) bond motifs is 1. The van der Waals surface area contributed by atoms with Crippen molar-refractivity contribution < 1.29 is 33.2 Å². The Balaban J connectivity index is 2.17. The van der Waals surface area contributed by atoms with Crippen LogP contribution in [0.4, 0.5) is 13.2 Å². The number of alkyl halides is 3. The number of hydrogen-bond acceptors (Lipinski definition) is 7. The van der Waals surface area contributed by atoms with E-state index in [0.29, 0.717) is 5.17 Å². The zero-order valence-electron chi connectivity index (χ0n) is 10.7. The quantitative estimate of drug-likeness (QED) is 0.598. The molecule has 0 radical (unpaired) electrons. The fourth-order valence-electron chi connectivity index (χ4n) is 2.04. The Bertz CT molecular complexity index is 406. The highest BCUT2D eigenvalue weighted by Gasteiger charge is 2.56.